The topological polar surface area (TPSA) is 67.2 Å². The fraction of sp³-hybridized carbons (Fsp3) is 0.556. The highest BCUT2D eigenvalue weighted by molar-refractivity contribution is 5.73. The van der Waals surface area contributed by atoms with Crippen molar-refractivity contribution in [3.63, 3.8) is 0 Å². The molecule has 0 saturated carbocycles. The summed E-state index contributed by atoms with van der Waals surface area (Å²) >= 11 is 0. The highest BCUT2D eigenvalue weighted by Gasteiger charge is 2.15. The van der Waals surface area contributed by atoms with Crippen LogP contribution in [0.4, 0.5) is 0 Å². The van der Waals surface area contributed by atoms with Crippen LogP contribution < -0.4 is 5.32 Å². The molecule has 0 bridgehead atoms. The first kappa shape index (κ1) is 10.7. The van der Waals surface area contributed by atoms with E-state index < -0.39 is 12.0 Å². The van der Waals surface area contributed by atoms with Crippen molar-refractivity contribution in [3.05, 3.63) is 18.5 Å². The molecular weight excluding hydrogens is 182 g/mol. The predicted octanol–water partition coefficient (Wildman–Crippen LogP) is 0.336. The number of nitrogens with one attached hydrogen (secondary N) is 1. The maximum absolute atomic E-state index is 10.8. The van der Waals surface area contributed by atoms with E-state index in [9.17, 15) is 4.79 Å². The zero-order chi connectivity index (χ0) is 10.4. The molecule has 0 aliphatic rings. The molecular formula is C9H15N3O2. The molecule has 1 aromatic rings. The number of aryl methyl sites for hydroxylation is 1. The van der Waals surface area contributed by atoms with Gasteiger partial charge in [0.05, 0.1) is 0 Å². The van der Waals surface area contributed by atoms with Crippen LogP contribution in [0, 0.1) is 0 Å². The van der Waals surface area contributed by atoms with Crippen molar-refractivity contribution < 1.29 is 9.90 Å². The Balaban J connectivity index is 2.37. The number of likely N-dealkylation sites (N-methyl/N-ethyl adjacent to an activating group) is 1. The summed E-state index contributed by atoms with van der Waals surface area (Å²) in [6.07, 6.45) is 4.05. The van der Waals surface area contributed by atoms with Gasteiger partial charge in [0, 0.05) is 18.9 Å². The monoisotopic (exact) mass is 197 g/mol. The van der Waals surface area contributed by atoms with Crippen molar-refractivity contribution in [1.82, 2.24) is 15.1 Å². The van der Waals surface area contributed by atoms with E-state index in [0.29, 0.717) is 19.5 Å². The molecule has 5 heteroatoms. The molecule has 1 heterocycles. The summed E-state index contributed by atoms with van der Waals surface area (Å²) in [4.78, 5) is 10.8. The molecule has 0 radical (unpaired) electrons. The van der Waals surface area contributed by atoms with Gasteiger partial charge in [0.25, 0.3) is 0 Å². The van der Waals surface area contributed by atoms with E-state index in [4.69, 9.17) is 5.11 Å². The number of carboxylic acids is 1. The normalized spacial score (nSPS) is 12.6. The molecule has 0 fully saturated rings. The second-order valence-corrected chi connectivity index (χ2v) is 3.01. The van der Waals surface area contributed by atoms with Crippen LogP contribution in [0.5, 0.6) is 0 Å². The van der Waals surface area contributed by atoms with Gasteiger partial charge >= 0.3 is 5.97 Å². The van der Waals surface area contributed by atoms with E-state index >= 15 is 0 Å². The Morgan fingerprint density at radius 3 is 3.00 bits per heavy atom. The lowest BCUT2D eigenvalue weighted by molar-refractivity contribution is -0.139. The van der Waals surface area contributed by atoms with E-state index in [1.54, 1.807) is 10.9 Å². The minimum Gasteiger partial charge on any atom is -0.480 e. The van der Waals surface area contributed by atoms with E-state index in [1.165, 1.54) is 0 Å². The number of aromatic nitrogens is 2. The number of aliphatic carboxylic acids is 1. The molecule has 1 atom stereocenters. The third-order valence-electron chi connectivity index (χ3n) is 1.95. The Hall–Kier alpha value is -1.36. The van der Waals surface area contributed by atoms with Gasteiger partial charge in [-0.3, -0.25) is 9.48 Å². The zero-order valence-electron chi connectivity index (χ0n) is 8.18. The first-order chi connectivity index (χ1) is 6.74. The minimum absolute atomic E-state index is 0.482. The van der Waals surface area contributed by atoms with Crippen LogP contribution >= 0.6 is 0 Å². The Kier molecular flexibility index (Phi) is 4.12. The molecule has 5 nitrogen and oxygen atoms in total. The molecule has 0 amide bonds. The lowest BCUT2D eigenvalue weighted by Gasteiger charge is -2.12. The average Bonchev–Trinajstić information content (AvgIpc) is 2.64. The second kappa shape index (κ2) is 5.39. The fourth-order valence-corrected chi connectivity index (χ4v) is 1.25. The lowest BCUT2D eigenvalue weighted by atomic mass is 10.2. The SMILES string of the molecule is CCNC(CCn1cccn1)C(=O)O. The number of carbonyl (C=O) groups is 1. The van der Waals surface area contributed by atoms with Crippen molar-refractivity contribution in [2.75, 3.05) is 6.54 Å². The summed E-state index contributed by atoms with van der Waals surface area (Å²) in [6, 6.07) is 1.34. The van der Waals surface area contributed by atoms with Gasteiger partial charge < -0.3 is 10.4 Å². The van der Waals surface area contributed by atoms with Crippen molar-refractivity contribution >= 4 is 5.97 Å². The van der Waals surface area contributed by atoms with Crippen LogP contribution in [0.1, 0.15) is 13.3 Å². The average molecular weight is 197 g/mol. The fourth-order valence-electron chi connectivity index (χ4n) is 1.25. The van der Waals surface area contributed by atoms with Gasteiger partial charge in [-0.2, -0.15) is 5.10 Å². The summed E-state index contributed by atoms with van der Waals surface area (Å²) in [6.45, 7) is 3.18. The molecule has 0 spiro atoms. The van der Waals surface area contributed by atoms with Crippen LogP contribution in [-0.2, 0) is 11.3 Å². The van der Waals surface area contributed by atoms with Gasteiger partial charge in [-0.25, -0.2) is 0 Å². The van der Waals surface area contributed by atoms with E-state index in [1.807, 2.05) is 19.2 Å². The van der Waals surface area contributed by atoms with Gasteiger partial charge in [0.1, 0.15) is 6.04 Å². The number of carboxylic acid groups (broad SMARTS) is 1. The van der Waals surface area contributed by atoms with Crippen molar-refractivity contribution in [3.8, 4) is 0 Å². The Labute approximate surface area is 82.7 Å². The van der Waals surface area contributed by atoms with E-state index in [0.717, 1.165) is 0 Å². The van der Waals surface area contributed by atoms with Crippen LogP contribution in [0.15, 0.2) is 18.5 Å². The van der Waals surface area contributed by atoms with Gasteiger partial charge in [-0.05, 0) is 19.0 Å². The van der Waals surface area contributed by atoms with Crippen LogP contribution in [-0.4, -0.2) is 33.4 Å². The van der Waals surface area contributed by atoms with Gasteiger partial charge in [0.15, 0.2) is 0 Å². The van der Waals surface area contributed by atoms with Gasteiger partial charge in [-0.1, -0.05) is 6.92 Å². The molecule has 0 saturated heterocycles. The zero-order valence-corrected chi connectivity index (χ0v) is 8.18. The van der Waals surface area contributed by atoms with Gasteiger partial charge in [0.2, 0.25) is 0 Å². The predicted molar refractivity (Wildman–Crippen MR) is 51.9 cm³/mol. The van der Waals surface area contributed by atoms with Crippen molar-refractivity contribution in [2.24, 2.45) is 0 Å². The third-order valence-corrected chi connectivity index (χ3v) is 1.95. The Bertz CT molecular complexity index is 272. The maximum atomic E-state index is 10.8. The third kappa shape index (κ3) is 3.18. The molecule has 0 aliphatic carbocycles. The standard InChI is InChI=1S/C9H15N3O2/c1-2-10-8(9(13)14)4-7-12-6-3-5-11-12/h3,5-6,8,10H,2,4,7H2,1H3,(H,13,14). The van der Waals surface area contributed by atoms with E-state index in [-0.39, 0.29) is 0 Å². The summed E-state index contributed by atoms with van der Waals surface area (Å²) in [7, 11) is 0. The number of hydrogen-bond donors (Lipinski definition) is 2. The Morgan fingerprint density at radius 2 is 2.50 bits per heavy atom. The van der Waals surface area contributed by atoms with Crippen LogP contribution in [0.2, 0.25) is 0 Å². The van der Waals surface area contributed by atoms with Crippen molar-refractivity contribution in [1.29, 1.82) is 0 Å². The highest BCUT2D eigenvalue weighted by atomic mass is 16.4. The lowest BCUT2D eigenvalue weighted by Crippen LogP contribution is -2.37. The second-order valence-electron chi connectivity index (χ2n) is 3.01. The number of rotatable bonds is 6. The summed E-state index contributed by atoms with van der Waals surface area (Å²) < 4.78 is 1.73. The van der Waals surface area contributed by atoms with Crippen molar-refractivity contribution in [2.45, 2.75) is 25.9 Å². The van der Waals surface area contributed by atoms with Crippen LogP contribution in [0.3, 0.4) is 0 Å². The molecule has 14 heavy (non-hydrogen) atoms. The largest absolute Gasteiger partial charge is 0.480 e. The maximum Gasteiger partial charge on any atom is 0.320 e. The molecule has 0 aliphatic heterocycles. The highest BCUT2D eigenvalue weighted by Crippen LogP contribution is 1.96. The summed E-state index contributed by atoms with van der Waals surface area (Å²) in [5.41, 5.74) is 0. The molecule has 78 valence electrons. The van der Waals surface area contributed by atoms with Gasteiger partial charge in [-0.15, -0.1) is 0 Å². The smallest absolute Gasteiger partial charge is 0.320 e. The number of hydrogen-bond acceptors (Lipinski definition) is 3. The quantitative estimate of drug-likeness (QED) is 0.690. The molecule has 1 rings (SSSR count). The summed E-state index contributed by atoms with van der Waals surface area (Å²) in [5, 5.41) is 15.7. The molecule has 1 unspecified atom stereocenters. The first-order valence-corrected chi connectivity index (χ1v) is 4.67. The molecule has 2 N–H and O–H groups in total. The van der Waals surface area contributed by atoms with E-state index in [2.05, 4.69) is 10.4 Å². The summed E-state index contributed by atoms with van der Waals surface area (Å²) in [5.74, 6) is -0.806. The minimum atomic E-state index is -0.806. The molecule has 0 aromatic carbocycles. The number of nitrogens with zero attached hydrogens (tertiary/aromatic N) is 2. The van der Waals surface area contributed by atoms with Crippen LogP contribution in [0.25, 0.3) is 0 Å². The Morgan fingerprint density at radius 1 is 1.71 bits per heavy atom. The first-order valence-electron chi connectivity index (χ1n) is 4.67. The molecule has 1 aromatic heterocycles.